The Kier molecular flexibility index (Phi) is 5.74. The quantitative estimate of drug-likeness (QED) is 0.349. The van der Waals surface area contributed by atoms with Crippen molar-refractivity contribution in [2.75, 3.05) is 19.6 Å². The van der Waals surface area contributed by atoms with E-state index in [1.165, 1.54) is 0 Å². The minimum absolute atomic E-state index is 0.334. The van der Waals surface area contributed by atoms with E-state index in [0.29, 0.717) is 11.7 Å². The van der Waals surface area contributed by atoms with Crippen LogP contribution in [0.25, 0.3) is 22.1 Å². The second kappa shape index (κ2) is 8.77. The molecule has 0 aliphatic rings. The Labute approximate surface area is 174 Å². The molecular weight excluding hydrogens is 380 g/mol. The molecule has 0 aliphatic heterocycles. The number of anilines is 1. The highest BCUT2D eigenvalue weighted by atomic mass is 16.5. The number of hydrogen-bond donors (Lipinski definition) is 1. The number of methoxy groups -OCH3 is 2. The van der Waals surface area contributed by atoms with Crippen LogP contribution in [0.2, 0.25) is 0 Å². The van der Waals surface area contributed by atoms with E-state index < -0.39 is 0 Å². The van der Waals surface area contributed by atoms with Gasteiger partial charge in [0.05, 0.1) is 26.0 Å². The first-order chi connectivity index (χ1) is 14.7. The number of benzene rings is 2. The molecule has 2 aromatic carbocycles. The number of ether oxygens (including phenoxy) is 2. The zero-order chi connectivity index (χ0) is 20.9. The summed E-state index contributed by atoms with van der Waals surface area (Å²) in [6, 6.07) is 13.7. The fourth-order valence-electron chi connectivity index (χ4n) is 3.39. The molecule has 4 rings (SSSR count). The van der Waals surface area contributed by atoms with Gasteiger partial charge in [-0.15, -0.1) is 10.2 Å². The van der Waals surface area contributed by atoms with Crippen molar-refractivity contribution < 1.29 is 9.47 Å². The molecule has 0 atom stereocenters. The zero-order valence-corrected chi connectivity index (χ0v) is 17.3. The van der Waals surface area contributed by atoms with E-state index in [4.69, 9.17) is 9.47 Å². The zero-order valence-electron chi connectivity index (χ0n) is 17.3. The topological polar surface area (TPSA) is 86.5 Å². The SMILES string of the molecule is CCCCn1c2ccccc2c2nnc(N/N=C/c3cc(OC)ccc3OC)nc21. The van der Waals surface area contributed by atoms with Crippen LogP contribution in [0, 0.1) is 0 Å². The van der Waals surface area contributed by atoms with E-state index in [1.54, 1.807) is 20.4 Å². The van der Waals surface area contributed by atoms with Crippen molar-refractivity contribution in [2.24, 2.45) is 5.10 Å². The number of hydrazone groups is 1. The van der Waals surface area contributed by atoms with Crippen LogP contribution in [-0.4, -0.2) is 40.2 Å². The fourth-order valence-corrected chi connectivity index (χ4v) is 3.39. The molecule has 2 aromatic heterocycles. The normalized spacial score (nSPS) is 11.4. The average molecular weight is 404 g/mol. The van der Waals surface area contributed by atoms with Crippen LogP contribution in [0.5, 0.6) is 11.5 Å². The van der Waals surface area contributed by atoms with Gasteiger partial charge in [-0.2, -0.15) is 10.1 Å². The highest BCUT2D eigenvalue weighted by Crippen LogP contribution is 2.27. The summed E-state index contributed by atoms with van der Waals surface area (Å²) in [5.74, 6) is 1.74. The number of nitrogens with zero attached hydrogens (tertiary/aromatic N) is 5. The molecule has 1 N–H and O–H groups in total. The van der Waals surface area contributed by atoms with Crippen LogP contribution in [0.15, 0.2) is 47.6 Å². The monoisotopic (exact) mass is 404 g/mol. The molecule has 0 fully saturated rings. The maximum absolute atomic E-state index is 5.37. The first kappa shape index (κ1) is 19.6. The van der Waals surface area contributed by atoms with Gasteiger partial charge in [-0.25, -0.2) is 5.43 Å². The minimum atomic E-state index is 0.334. The fraction of sp³-hybridized carbons (Fsp3) is 0.273. The van der Waals surface area contributed by atoms with Gasteiger partial charge in [-0.05, 0) is 30.7 Å². The lowest BCUT2D eigenvalue weighted by molar-refractivity contribution is 0.402. The van der Waals surface area contributed by atoms with Crippen LogP contribution >= 0.6 is 0 Å². The molecule has 4 aromatic rings. The maximum atomic E-state index is 5.37. The number of nitrogens with one attached hydrogen (secondary N) is 1. The third-order valence-electron chi connectivity index (χ3n) is 4.91. The van der Waals surface area contributed by atoms with Crippen molar-refractivity contribution in [3.05, 3.63) is 48.0 Å². The molecule has 0 aliphatic carbocycles. The van der Waals surface area contributed by atoms with E-state index in [9.17, 15) is 0 Å². The summed E-state index contributed by atoms with van der Waals surface area (Å²) in [6.07, 6.45) is 3.81. The van der Waals surface area contributed by atoms with E-state index in [1.807, 2.05) is 30.3 Å². The van der Waals surface area contributed by atoms with Gasteiger partial charge < -0.3 is 14.0 Å². The lowest BCUT2D eigenvalue weighted by atomic mass is 10.2. The summed E-state index contributed by atoms with van der Waals surface area (Å²) >= 11 is 0. The Morgan fingerprint density at radius 3 is 2.77 bits per heavy atom. The summed E-state index contributed by atoms with van der Waals surface area (Å²) in [5.41, 5.74) is 6.36. The first-order valence-corrected chi connectivity index (χ1v) is 9.88. The molecule has 0 saturated carbocycles. The van der Waals surface area contributed by atoms with Crippen LogP contribution < -0.4 is 14.9 Å². The Hall–Kier alpha value is -3.68. The summed E-state index contributed by atoms with van der Waals surface area (Å²) in [5, 5.41) is 13.9. The highest BCUT2D eigenvalue weighted by Gasteiger charge is 2.14. The molecule has 8 heteroatoms. The van der Waals surface area contributed by atoms with Gasteiger partial charge in [-0.1, -0.05) is 31.5 Å². The molecule has 0 bridgehead atoms. The third kappa shape index (κ3) is 3.76. The molecule has 0 amide bonds. The smallest absolute Gasteiger partial charge is 0.265 e. The van der Waals surface area contributed by atoms with Crippen molar-refractivity contribution >= 4 is 34.2 Å². The summed E-state index contributed by atoms with van der Waals surface area (Å²) in [6.45, 7) is 3.05. The van der Waals surface area contributed by atoms with Gasteiger partial charge in [0.25, 0.3) is 5.95 Å². The second-order valence-electron chi connectivity index (χ2n) is 6.81. The van der Waals surface area contributed by atoms with Crippen LogP contribution in [0.4, 0.5) is 5.95 Å². The van der Waals surface area contributed by atoms with Crippen molar-refractivity contribution in [2.45, 2.75) is 26.3 Å². The van der Waals surface area contributed by atoms with Gasteiger partial charge in [0.2, 0.25) is 0 Å². The van der Waals surface area contributed by atoms with Crippen molar-refractivity contribution in [1.82, 2.24) is 19.7 Å². The van der Waals surface area contributed by atoms with Crippen molar-refractivity contribution in [3.63, 3.8) is 0 Å². The molecule has 30 heavy (non-hydrogen) atoms. The van der Waals surface area contributed by atoms with Crippen LogP contribution in [-0.2, 0) is 6.54 Å². The predicted molar refractivity (Wildman–Crippen MR) is 118 cm³/mol. The Balaban J connectivity index is 1.66. The number of para-hydroxylation sites is 1. The molecule has 0 unspecified atom stereocenters. The van der Waals surface area contributed by atoms with Gasteiger partial charge in [0.15, 0.2) is 5.65 Å². The average Bonchev–Trinajstić information content (AvgIpc) is 3.10. The van der Waals surface area contributed by atoms with Gasteiger partial charge >= 0.3 is 0 Å². The molecule has 0 saturated heterocycles. The van der Waals surface area contributed by atoms with Crippen LogP contribution in [0.1, 0.15) is 25.3 Å². The third-order valence-corrected chi connectivity index (χ3v) is 4.91. The number of aryl methyl sites for hydroxylation is 1. The molecule has 154 valence electrons. The Bertz CT molecular complexity index is 1200. The van der Waals surface area contributed by atoms with Crippen molar-refractivity contribution in [1.29, 1.82) is 0 Å². The van der Waals surface area contributed by atoms with Gasteiger partial charge in [-0.3, -0.25) is 0 Å². The van der Waals surface area contributed by atoms with E-state index in [-0.39, 0.29) is 0 Å². The predicted octanol–water partition coefficient (Wildman–Crippen LogP) is 4.24. The number of hydrogen-bond acceptors (Lipinski definition) is 7. The minimum Gasteiger partial charge on any atom is -0.497 e. The molecule has 2 heterocycles. The van der Waals surface area contributed by atoms with E-state index in [0.717, 1.165) is 52.8 Å². The molecular formula is C22H24N6O2. The number of unbranched alkanes of at least 4 members (excludes halogenated alkanes) is 1. The van der Waals surface area contributed by atoms with Crippen LogP contribution in [0.3, 0.4) is 0 Å². The summed E-state index contributed by atoms with van der Waals surface area (Å²) in [7, 11) is 3.23. The molecule has 0 radical (unpaired) electrons. The lowest BCUT2D eigenvalue weighted by Gasteiger charge is -2.07. The molecule has 0 spiro atoms. The van der Waals surface area contributed by atoms with Gasteiger partial charge in [0.1, 0.15) is 17.0 Å². The largest absolute Gasteiger partial charge is 0.497 e. The van der Waals surface area contributed by atoms with E-state index in [2.05, 4.69) is 49.3 Å². The number of rotatable bonds is 8. The van der Waals surface area contributed by atoms with Gasteiger partial charge in [0, 0.05) is 17.5 Å². The van der Waals surface area contributed by atoms with Crippen molar-refractivity contribution in [3.8, 4) is 11.5 Å². The number of fused-ring (bicyclic) bond motifs is 3. The molecule has 8 nitrogen and oxygen atoms in total. The standard InChI is InChI=1S/C22H24N6O2/c1-4-5-12-28-18-9-7-6-8-17(18)20-21(28)24-22(27-25-20)26-23-14-15-13-16(29-2)10-11-19(15)30-3/h6-11,13-14H,4-5,12H2,1-3H3,(H,24,26,27)/b23-14+. The Morgan fingerprint density at radius 2 is 1.97 bits per heavy atom. The lowest BCUT2D eigenvalue weighted by Crippen LogP contribution is -2.03. The van der Waals surface area contributed by atoms with E-state index >= 15 is 0 Å². The summed E-state index contributed by atoms with van der Waals surface area (Å²) < 4.78 is 12.8. The second-order valence-corrected chi connectivity index (χ2v) is 6.81. The highest BCUT2D eigenvalue weighted by molar-refractivity contribution is 6.04. The number of aromatic nitrogens is 4. The summed E-state index contributed by atoms with van der Waals surface area (Å²) in [4.78, 5) is 4.68. The Morgan fingerprint density at radius 1 is 1.10 bits per heavy atom. The first-order valence-electron chi connectivity index (χ1n) is 9.88. The maximum Gasteiger partial charge on any atom is 0.265 e.